The molecule has 3 aromatic rings. The van der Waals surface area contributed by atoms with E-state index in [9.17, 15) is 14.7 Å². The Labute approximate surface area is 186 Å². The number of ether oxygens (including phenoxy) is 1. The first kappa shape index (κ1) is 19.3. The normalized spacial score (nSPS) is 28.2. The highest BCUT2D eigenvalue weighted by molar-refractivity contribution is 6.23. The minimum atomic E-state index is -0.972. The highest BCUT2D eigenvalue weighted by atomic mass is 16.5. The van der Waals surface area contributed by atoms with Crippen molar-refractivity contribution in [3.05, 3.63) is 95.1 Å². The SMILES string of the molecule is COc1ccc(N2C(=O)[C@@H]3C4c5ccccc5C(C(C)O)(c5ccccc54)[C@@H]3C2=O)cc1. The molecule has 3 aromatic carbocycles. The summed E-state index contributed by atoms with van der Waals surface area (Å²) in [7, 11) is 1.58. The number of hydrogen-bond acceptors (Lipinski definition) is 4. The summed E-state index contributed by atoms with van der Waals surface area (Å²) in [6.45, 7) is 1.74. The highest BCUT2D eigenvalue weighted by Gasteiger charge is 2.69. The summed E-state index contributed by atoms with van der Waals surface area (Å²) < 4.78 is 5.23. The van der Waals surface area contributed by atoms with Crippen LogP contribution in [0.3, 0.4) is 0 Å². The molecule has 2 amide bonds. The molecule has 4 aliphatic rings. The second kappa shape index (κ2) is 6.53. The van der Waals surface area contributed by atoms with Gasteiger partial charge in [0.25, 0.3) is 0 Å². The maximum atomic E-state index is 14.0. The van der Waals surface area contributed by atoms with Crippen molar-refractivity contribution in [1.82, 2.24) is 0 Å². The Morgan fingerprint density at radius 1 is 0.875 bits per heavy atom. The summed E-state index contributed by atoms with van der Waals surface area (Å²) >= 11 is 0. The number of rotatable bonds is 3. The van der Waals surface area contributed by atoms with Crippen LogP contribution in [0.4, 0.5) is 5.69 Å². The van der Waals surface area contributed by atoms with Crippen molar-refractivity contribution in [2.75, 3.05) is 12.0 Å². The van der Waals surface area contributed by atoms with E-state index >= 15 is 0 Å². The fraction of sp³-hybridized carbons (Fsp3) is 0.259. The fourth-order valence-electron chi connectivity index (χ4n) is 6.53. The van der Waals surface area contributed by atoms with E-state index in [-0.39, 0.29) is 17.7 Å². The summed E-state index contributed by atoms with van der Waals surface area (Å²) in [6.07, 6.45) is -0.855. The molecule has 0 radical (unpaired) electrons. The third kappa shape index (κ3) is 2.12. The van der Waals surface area contributed by atoms with Crippen LogP contribution < -0.4 is 9.64 Å². The molecule has 1 aliphatic heterocycles. The molecule has 1 fully saturated rings. The molecule has 3 aliphatic carbocycles. The lowest BCUT2D eigenvalue weighted by atomic mass is 9.46. The van der Waals surface area contributed by atoms with Gasteiger partial charge in [0.1, 0.15) is 5.75 Å². The molecule has 5 heteroatoms. The van der Waals surface area contributed by atoms with Crippen molar-refractivity contribution < 1.29 is 19.4 Å². The Kier molecular flexibility index (Phi) is 3.93. The van der Waals surface area contributed by atoms with Crippen LogP contribution in [0.15, 0.2) is 72.8 Å². The van der Waals surface area contributed by atoms with Gasteiger partial charge in [0.05, 0.1) is 36.2 Å². The molecule has 1 N–H and O–H groups in total. The van der Waals surface area contributed by atoms with Crippen LogP contribution in [0.5, 0.6) is 5.75 Å². The quantitative estimate of drug-likeness (QED) is 0.651. The maximum absolute atomic E-state index is 14.0. The van der Waals surface area contributed by atoms with E-state index in [1.165, 1.54) is 4.90 Å². The van der Waals surface area contributed by atoms with Crippen LogP contribution in [0.1, 0.15) is 35.1 Å². The Bertz CT molecular complexity index is 1220. The third-order valence-corrected chi connectivity index (χ3v) is 7.67. The number of imide groups is 1. The summed E-state index contributed by atoms with van der Waals surface area (Å²) in [5.74, 6) is -1.22. The van der Waals surface area contributed by atoms with Crippen LogP contribution in [-0.2, 0) is 15.0 Å². The van der Waals surface area contributed by atoms with Crippen LogP contribution in [-0.4, -0.2) is 30.1 Å². The highest BCUT2D eigenvalue weighted by Crippen LogP contribution is 2.65. The zero-order chi connectivity index (χ0) is 22.2. The number of carbonyl (C=O) groups is 2. The minimum absolute atomic E-state index is 0.204. The summed E-state index contributed by atoms with van der Waals surface area (Å²) in [5, 5.41) is 11.3. The standard InChI is InChI=1S/C27H23NO4/c1-15(29)27-20-9-5-3-7-18(20)22(19-8-4-6-10-21(19)27)23-24(27)26(31)28(25(23)30)16-11-13-17(32-2)14-12-16/h3-15,22-24,29H,1-2H3/t15?,22?,23-,24+,27?/m1/s1. The smallest absolute Gasteiger partial charge is 0.239 e. The number of aliphatic hydroxyl groups excluding tert-OH is 1. The number of methoxy groups -OCH3 is 1. The number of carbonyl (C=O) groups excluding carboxylic acids is 2. The Balaban J connectivity index is 1.62. The van der Waals surface area contributed by atoms with Crippen LogP contribution in [0.25, 0.3) is 0 Å². The van der Waals surface area contributed by atoms with Gasteiger partial charge in [-0.15, -0.1) is 0 Å². The maximum Gasteiger partial charge on any atom is 0.239 e. The molecule has 3 atom stereocenters. The van der Waals surface area contributed by atoms with E-state index in [0.29, 0.717) is 11.4 Å². The molecular formula is C27H23NO4. The first-order valence-electron chi connectivity index (χ1n) is 10.9. The molecule has 0 saturated carbocycles. The van der Waals surface area contributed by atoms with Crippen molar-refractivity contribution in [3.8, 4) is 5.75 Å². The van der Waals surface area contributed by atoms with Gasteiger partial charge in [-0.25, -0.2) is 4.90 Å². The van der Waals surface area contributed by atoms with Crippen molar-refractivity contribution in [2.45, 2.75) is 24.4 Å². The van der Waals surface area contributed by atoms with Crippen LogP contribution in [0.2, 0.25) is 0 Å². The molecule has 1 saturated heterocycles. The second-order valence-electron chi connectivity index (χ2n) is 8.91. The molecule has 2 bridgehead atoms. The van der Waals surface area contributed by atoms with E-state index in [1.807, 2.05) is 48.5 Å². The number of benzene rings is 3. The van der Waals surface area contributed by atoms with E-state index < -0.39 is 23.4 Å². The Hall–Kier alpha value is -3.44. The zero-order valence-corrected chi connectivity index (χ0v) is 17.9. The number of hydrogen-bond donors (Lipinski definition) is 1. The van der Waals surface area contributed by atoms with Crippen LogP contribution >= 0.6 is 0 Å². The number of nitrogens with zero attached hydrogens (tertiary/aromatic N) is 1. The number of anilines is 1. The van der Waals surface area contributed by atoms with Gasteiger partial charge in [-0.3, -0.25) is 9.59 Å². The average Bonchev–Trinajstić information content (AvgIpc) is 3.09. The monoisotopic (exact) mass is 425 g/mol. The fourth-order valence-corrected chi connectivity index (χ4v) is 6.53. The molecule has 5 nitrogen and oxygen atoms in total. The Morgan fingerprint density at radius 3 is 1.97 bits per heavy atom. The zero-order valence-electron chi connectivity index (χ0n) is 17.9. The van der Waals surface area contributed by atoms with Gasteiger partial charge in [-0.05, 0) is 53.4 Å². The average molecular weight is 425 g/mol. The van der Waals surface area contributed by atoms with Crippen molar-refractivity contribution in [2.24, 2.45) is 11.8 Å². The van der Waals surface area contributed by atoms with E-state index in [0.717, 1.165) is 22.3 Å². The molecule has 0 aromatic heterocycles. The van der Waals surface area contributed by atoms with Gasteiger partial charge in [0.15, 0.2) is 0 Å². The number of aliphatic hydroxyl groups is 1. The molecule has 1 heterocycles. The van der Waals surface area contributed by atoms with E-state index in [1.54, 1.807) is 38.3 Å². The molecule has 0 spiro atoms. The predicted molar refractivity (Wildman–Crippen MR) is 120 cm³/mol. The van der Waals surface area contributed by atoms with Crippen molar-refractivity contribution in [1.29, 1.82) is 0 Å². The third-order valence-electron chi connectivity index (χ3n) is 7.67. The Morgan fingerprint density at radius 2 is 1.44 bits per heavy atom. The second-order valence-corrected chi connectivity index (χ2v) is 8.91. The van der Waals surface area contributed by atoms with Gasteiger partial charge >= 0.3 is 0 Å². The predicted octanol–water partition coefficient (Wildman–Crippen LogP) is 3.63. The first-order valence-corrected chi connectivity index (χ1v) is 10.9. The summed E-state index contributed by atoms with van der Waals surface area (Å²) in [4.78, 5) is 29.2. The van der Waals surface area contributed by atoms with Crippen LogP contribution in [0, 0.1) is 11.8 Å². The van der Waals surface area contributed by atoms with Gasteiger partial charge in [0.2, 0.25) is 11.8 Å². The summed E-state index contributed by atoms with van der Waals surface area (Å²) in [6, 6.07) is 22.9. The lowest BCUT2D eigenvalue weighted by Crippen LogP contribution is -2.58. The molecule has 7 rings (SSSR count). The minimum Gasteiger partial charge on any atom is -0.497 e. The number of amides is 2. The molecule has 1 unspecified atom stereocenters. The van der Waals surface area contributed by atoms with E-state index in [2.05, 4.69) is 0 Å². The first-order chi connectivity index (χ1) is 15.5. The largest absolute Gasteiger partial charge is 0.497 e. The van der Waals surface area contributed by atoms with Crippen molar-refractivity contribution >= 4 is 17.5 Å². The molecular weight excluding hydrogens is 402 g/mol. The topological polar surface area (TPSA) is 66.8 Å². The molecule has 32 heavy (non-hydrogen) atoms. The van der Waals surface area contributed by atoms with Gasteiger partial charge in [-0.2, -0.15) is 0 Å². The summed E-state index contributed by atoms with van der Waals surface area (Å²) in [5.41, 5.74) is 3.54. The van der Waals surface area contributed by atoms with Gasteiger partial charge in [0, 0.05) is 5.92 Å². The van der Waals surface area contributed by atoms with Gasteiger partial charge < -0.3 is 9.84 Å². The van der Waals surface area contributed by atoms with Crippen molar-refractivity contribution in [3.63, 3.8) is 0 Å². The molecule has 160 valence electrons. The van der Waals surface area contributed by atoms with Gasteiger partial charge in [-0.1, -0.05) is 48.5 Å². The lowest BCUT2D eigenvalue weighted by Gasteiger charge is -2.55. The lowest BCUT2D eigenvalue weighted by molar-refractivity contribution is -0.126. The van der Waals surface area contributed by atoms with E-state index in [4.69, 9.17) is 4.74 Å².